The lowest BCUT2D eigenvalue weighted by atomic mass is 9.99. The zero-order valence-electron chi connectivity index (χ0n) is 20.7. The Labute approximate surface area is 216 Å². The summed E-state index contributed by atoms with van der Waals surface area (Å²) in [4.78, 5) is 22.1. The molecule has 1 saturated heterocycles. The summed E-state index contributed by atoms with van der Waals surface area (Å²) in [6, 6.07) is 7.43. The molecule has 35 heavy (non-hydrogen) atoms. The minimum absolute atomic E-state index is 0.237. The van der Waals surface area contributed by atoms with Gasteiger partial charge in [0, 0.05) is 33.9 Å². The van der Waals surface area contributed by atoms with E-state index in [0.29, 0.717) is 17.9 Å². The van der Waals surface area contributed by atoms with Crippen LogP contribution < -0.4 is 0 Å². The van der Waals surface area contributed by atoms with Crippen LogP contribution in [-0.4, -0.2) is 50.8 Å². The molecule has 184 valence electrons. The molecule has 0 N–H and O–H groups in total. The highest BCUT2D eigenvalue weighted by atomic mass is 35.5. The second-order valence-electron chi connectivity index (χ2n) is 9.65. The van der Waals surface area contributed by atoms with Crippen LogP contribution in [0.3, 0.4) is 0 Å². The lowest BCUT2D eigenvalue weighted by molar-refractivity contribution is -0.119. The van der Waals surface area contributed by atoms with Gasteiger partial charge >= 0.3 is 0 Å². The Kier molecular flexibility index (Phi) is 7.19. The highest BCUT2D eigenvalue weighted by Gasteiger charge is 2.32. The molecule has 1 aromatic carbocycles. The number of fused-ring (bicyclic) bond motifs is 3. The van der Waals surface area contributed by atoms with Crippen molar-refractivity contribution in [3.05, 3.63) is 62.5 Å². The van der Waals surface area contributed by atoms with E-state index in [2.05, 4.69) is 33.5 Å². The second kappa shape index (κ2) is 10.3. The van der Waals surface area contributed by atoms with Gasteiger partial charge in [-0.05, 0) is 83.8 Å². The SMILES string of the molecule is Cc1sc2c(c1C)C(c1ccc(Cl)cc1)=N[C@@H](CC(=O)CCCCN1CCCC1)c1nnc(C)n1-2. The third-order valence-corrected chi connectivity index (χ3v) is 8.60. The number of ketones is 1. The molecule has 3 aromatic rings. The number of nitrogens with zero attached hydrogens (tertiary/aromatic N) is 5. The van der Waals surface area contributed by atoms with E-state index in [-0.39, 0.29) is 11.8 Å². The van der Waals surface area contributed by atoms with Crippen LogP contribution in [0.2, 0.25) is 5.02 Å². The van der Waals surface area contributed by atoms with Gasteiger partial charge in [-0.1, -0.05) is 23.7 Å². The van der Waals surface area contributed by atoms with E-state index in [1.54, 1.807) is 11.3 Å². The minimum atomic E-state index is -0.368. The molecule has 0 bridgehead atoms. The number of aryl methyl sites for hydroxylation is 2. The van der Waals surface area contributed by atoms with Gasteiger partial charge < -0.3 is 4.90 Å². The zero-order chi connectivity index (χ0) is 24.5. The van der Waals surface area contributed by atoms with Crippen molar-refractivity contribution in [2.75, 3.05) is 19.6 Å². The fourth-order valence-corrected chi connectivity index (χ4v) is 6.45. The van der Waals surface area contributed by atoms with E-state index >= 15 is 0 Å². The van der Waals surface area contributed by atoms with Crippen molar-refractivity contribution in [1.29, 1.82) is 0 Å². The molecule has 2 aliphatic rings. The molecule has 4 heterocycles. The first-order chi connectivity index (χ1) is 16.9. The van der Waals surface area contributed by atoms with Gasteiger partial charge in [0.05, 0.1) is 5.71 Å². The first-order valence-corrected chi connectivity index (χ1v) is 13.7. The number of benzene rings is 1. The van der Waals surface area contributed by atoms with E-state index in [1.807, 2.05) is 31.2 Å². The van der Waals surface area contributed by atoms with E-state index in [4.69, 9.17) is 16.6 Å². The number of carbonyl (C=O) groups is 1. The van der Waals surface area contributed by atoms with Crippen molar-refractivity contribution in [2.45, 2.75) is 65.3 Å². The largest absolute Gasteiger partial charge is 0.303 e. The minimum Gasteiger partial charge on any atom is -0.303 e. The monoisotopic (exact) mass is 509 g/mol. The summed E-state index contributed by atoms with van der Waals surface area (Å²) in [5, 5.41) is 10.7. The molecule has 0 aliphatic carbocycles. The van der Waals surface area contributed by atoms with Gasteiger partial charge in [0.15, 0.2) is 5.82 Å². The standard InChI is InChI=1S/C27H32ClN5OS/c1-17-18(2)35-27-24(17)25(20-9-11-21(28)12-10-20)29-23(26-31-30-19(3)33(26)27)16-22(34)8-4-5-13-32-14-6-7-15-32/h9-12,23H,4-8,13-16H2,1-3H3/t23-/m0/s1. The van der Waals surface area contributed by atoms with Gasteiger partial charge in [0.2, 0.25) is 0 Å². The highest BCUT2D eigenvalue weighted by Crippen LogP contribution is 2.39. The van der Waals surface area contributed by atoms with Crippen LogP contribution in [0.1, 0.15) is 77.8 Å². The predicted molar refractivity (Wildman–Crippen MR) is 142 cm³/mol. The number of rotatable bonds is 8. The molecule has 5 rings (SSSR count). The Morgan fingerprint density at radius 3 is 2.57 bits per heavy atom. The normalized spacial score (nSPS) is 17.7. The molecule has 2 aromatic heterocycles. The third-order valence-electron chi connectivity index (χ3n) is 7.16. The fourth-order valence-electron chi connectivity index (χ4n) is 5.11. The molecule has 0 radical (unpaired) electrons. The maximum atomic E-state index is 13.1. The lowest BCUT2D eigenvalue weighted by Gasteiger charge is -2.14. The molecule has 6 nitrogen and oxygen atoms in total. The van der Waals surface area contributed by atoms with Crippen LogP contribution in [0.15, 0.2) is 29.3 Å². The van der Waals surface area contributed by atoms with Crippen molar-refractivity contribution in [2.24, 2.45) is 4.99 Å². The topological polar surface area (TPSA) is 63.4 Å². The summed E-state index contributed by atoms with van der Waals surface area (Å²) < 4.78 is 2.11. The molecule has 0 unspecified atom stereocenters. The van der Waals surface area contributed by atoms with Crippen molar-refractivity contribution in [3.63, 3.8) is 0 Å². The molecule has 2 aliphatic heterocycles. The first-order valence-electron chi connectivity index (χ1n) is 12.5. The maximum absolute atomic E-state index is 13.1. The summed E-state index contributed by atoms with van der Waals surface area (Å²) >= 11 is 7.92. The van der Waals surface area contributed by atoms with Gasteiger partial charge in [-0.2, -0.15) is 0 Å². The van der Waals surface area contributed by atoms with E-state index in [9.17, 15) is 4.79 Å². The average Bonchev–Trinajstić information content (AvgIpc) is 3.53. The Hall–Kier alpha value is -2.35. The van der Waals surface area contributed by atoms with Crippen LogP contribution >= 0.6 is 22.9 Å². The molecular weight excluding hydrogens is 478 g/mol. The third kappa shape index (κ3) is 4.99. The summed E-state index contributed by atoms with van der Waals surface area (Å²) in [5.74, 6) is 1.80. The summed E-state index contributed by atoms with van der Waals surface area (Å²) in [7, 11) is 0. The predicted octanol–water partition coefficient (Wildman–Crippen LogP) is 6.02. The number of unbranched alkanes of at least 4 members (excludes halogenated alkanes) is 1. The smallest absolute Gasteiger partial charge is 0.163 e. The van der Waals surface area contributed by atoms with E-state index in [0.717, 1.165) is 52.9 Å². The van der Waals surface area contributed by atoms with Crippen LogP contribution in [0.5, 0.6) is 0 Å². The highest BCUT2D eigenvalue weighted by molar-refractivity contribution is 7.15. The van der Waals surface area contributed by atoms with Crippen LogP contribution in [0, 0.1) is 20.8 Å². The van der Waals surface area contributed by atoms with Crippen molar-refractivity contribution >= 4 is 34.4 Å². The lowest BCUT2D eigenvalue weighted by Crippen LogP contribution is -2.20. The van der Waals surface area contributed by atoms with Gasteiger partial charge in [-0.15, -0.1) is 21.5 Å². The first kappa shape index (κ1) is 24.3. The van der Waals surface area contributed by atoms with E-state index in [1.165, 1.54) is 36.4 Å². The molecule has 0 spiro atoms. The second-order valence-corrected chi connectivity index (χ2v) is 11.3. The van der Waals surface area contributed by atoms with E-state index < -0.39 is 0 Å². The summed E-state index contributed by atoms with van der Waals surface area (Å²) in [5.41, 5.74) is 4.19. The number of likely N-dealkylation sites (tertiary alicyclic amines) is 1. The van der Waals surface area contributed by atoms with Crippen LogP contribution in [0.25, 0.3) is 5.00 Å². The quantitative estimate of drug-likeness (QED) is 0.348. The number of thiophene rings is 1. The Morgan fingerprint density at radius 2 is 1.83 bits per heavy atom. The number of hydrogen-bond acceptors (Lipinski definition) is 6. The van der Waals surface area contributed by atoms with Gasteiger partial charge in [0.1, 0.15) is 22.7 Å². The molecular formula is C27H32ClN5OS. The molecule has 1 fully saturated rings. The maximum Gasteiger partial charge on any atom is 0.163 e. The average molecular weight is 510 g/mol. The molecule has 1 atom stereocenters. The molecule has 8 heteroatoms. The number of hydrogen-bond donors (Lipinski definition) is 0. The summed E-state index contributed by atoms with van der Waals surface area (Å²) in [6.07, 6.45) is 5.53. The van der Waals surface area contributed by atoms with Crippen molar-refractivity contribution in [1.82, 2.24) is 19.7 Å². The van der Waals surface area contributed by atoms with Crippen molar-refractivity contribution < 1.29 is 4.79 Å². The van der Waals surface area contributed by atoms with Gasteiger partial charge in [-0.25, -0.2) is 0 Å². The number of aromatic nitrogens is 3. The number of halogens is 1. The van der Waals surface area contributed by atoms with Gasteiger partial charge in [-0.3, -0.25) is 14.4 Å². The zero-order valence-corrected chi connectivity index (χ0v) is 22.3. The van der Waals surface area contributed by atoms with Crippen LogP contribution in [-0.2, 0) is 4.79 Å². The number of carbonyl (C=O) groups excluding carboxylic acids is 1. The number of Topliss-reactive ketones (excluding diaryl/α,β-unsaturated/α-hetero) is 1. The Balaban J connectivity index is 1.44. The van der Waals surface area contributed by atoms with Crippen molar-refractivity contribution in [3.8, 4) is 5.00 Å². The Morgan fingerprint density at radius 1 is 1.09 bits per heavy atom. The van der Waals surface area contributed by atoms with Crippen LogP contribution in [0.4, 0.5) is 0 Å². The molecule has 0 amide bonds. The number of aliphatic imine (C=N–C) groups is 1. The Bertz CT molecular complexity index is 1250. The summed E-state index contributed by atoms with van der Waals surface area (Å²) in [6.45, 7) is 9.75. The fraction of sp³-hybridized carbons (Fsp3) is 0.481. The van der Waals surface area contributed by atoms with Gasteiger partial charge in [0.25, 0.3) is 0 Å². The molecule has 0 saturated carbocycles.